The number of rotatable bonds is 11. The third kappa shape index (κ3) is 8.47. The molecule has 0 spiro atoms. The van der Waals surface area contributed by atoms with E-state index < -0.39 is 78.1 Å². The van der Waals surface area contributed by atoms with Gasteiger partial charge in [0, 0.05) is 0 Å². The second kappa shape index (κ2) is 10.1. The predicted octanol–water partition coefficient (Wildman–Crippen LogP) is -2.11. The van der Waals surface area contributed by atoms with E-state index in [9.17, 15) is 28.5 Å². The van der Waals surface area contributed by atoms with Crippen molar-refractivity contribution in [1.82, 2.24) is 0 Å². The van der Waals surface area contributed by atoms with Gasteiger partial charge in [0.1, 0.15) is 0 Å². The van der Waals surface area contributed by atoms with Crippen LogP contribution in [0, 0.1) is 0 Å². The van der Waals surface area contributed by atoms with E-state index in [1.54, 1.807) is 11.4 Å². The predicted molar refractivity (Wildman–Crippen MR) is 85.6 cm³/mol. The fourth-order valence-corrected chi connectivity index (χ4v) is 5.24. The van der Waals surface area contributed by atoms with E-state index in [2.05, 4.69) is 9.05 Å². The molecular formula is C12H26AsO12P. The molecule has 0 aromatic heterocycles. The summed E-state index contributed by atoms with van der Waals surface area (Å²) < 4.78 is 42.4. The summed E-state index contributed by atoms with van der Waals surface area (Å²) in [7, 11) is -4.62. The zero-order valence-electron chi connectivity index (χ0n) is 14.3. The number of hydrogen-bond acceptors (Lipinski definition) is 11. The van der Waals surface area contributed by atoms with Crippen molar-refractivity contribution in [3.8, 4) is 0 Å². The van der Waals surface area contributed by atoms with E-state index in [1.165, 1.54) is 0 Å². The van der Waals surface area contributed by atoms with E-state index >= 15 is 0 Å². The van der Waals surface area contributed by atoms with Crippen LogP contribution in [-0.2, 0) is 26.8 Å². The first kappa shape index (κ1) is 24.2. The van der Waals surface area contributed by atoms with Crippen molar-refractivity contribution in [2.45, 2.75) is 53.6 Å². The van der Waals surface area contributed by atoms with Crippen LogP contribution in [-0.4, -0.2) is 101 Å². The van der Waals surface area contributed by atoms with Crippen molar-refractivity contribution in [1.29, 1.82) is 0 Å². The second-order valence-electron chi connectivity index (χ2n) is 6.27. The quantitative estimate of drug-likeness (QED) is 0.110. The molecule has 0 aromatic carbocycles. The van der Waals surface area contributed by atoms with Crippen molar-refractivity contribution in [2.24, 2.45) is 0 Å². The number of phosphoric acid groups is 1. The molecule has 0 saturated carbocycles. The van der Waals surface area contributed by atoms with Crippen LogP contribution >= 0.6 is 7.82 Å². The Labute approximate surface area is 152 Å². The fourth-order valence-electron chi connectivity index (χ4n) is 2.03. The van der Waals surface area contributed by atoms with Crippen LogP contribution in [0.15, 0.2) is 0 Å². The fraction of sp³-hybridized carbons (Fsp3) is 1.00. The maximum absolute atomic E-state index is 11.9. The Morgan fingerprint density at radius 1 is 1.15 bits per heavy atom. The maximum atomic E-state index is 11.9. The summed E-state index contributed by atoms with van der Waals surface area (Å²) in [5.41, 5.74) is 3.09. The Kier molecular flexibility index (Phi) is 9.42. The number of hydrogen-bond donors (Lipinski definition) is 6. The third-order valence-corrected chi connectivity index (χ3v) is 6.80. The molecule has 0 aromatic rings. The molecule has 26 heavy (non-hydrogen) atoms. The molecule has 7 atom stereocenters. The van der Waals surface area contributed by atoms with Gasteiger partial charge < -0.3 is 10.2 Å². The first-order chi connectivity index (χ1) is 11.8. The molecular weight excluding hydrogens is 442 g/mol. The van der Waals surface area contributed by atoms with E-state index in [1.807, 2.05) is 0 Å². The van der Waals surface area contributed by atoms with Gasteiger partial charge in [-0.05, 0) is 0 Å². The second-order valence-corrected chi connectivity index (χ2v) is 15.1. The van der Waals surface area contributed by atoms with Crippen LogP contribution in [0.2, 0.25) is 16.6 Å². The van der Waals surface area contributed by atoms with Crippen LogP contribution in [0.25, 0.3) is 0 Å². The minimum absolute atomic E-state index is 0.0514. The van der Waals surface area contributed by atoms with Crippen molar-refractivity contribution >= 4 is 21.3 Å². The minimum atomic E-state index is -4.62. The van der Waals surface area contributed by atoms with Crippen molar-refractivity contribution < 1.29 is 57.3 Å². The summed E-state index contributed by atoms with van der Waals surface area (Å²) in [5.74, 6) is 0. The SMILES string of the molecule is C[As](C)(=O)CC1OC(OC(O)COP(=O)(O)OCC(O)CO)C(O)C1O. The van der Waals surface area contributed by atoms with Gasteiger partial charge in [-0.3, -0.25) is 0 Å². The molecule has 1 saturated heterocycles. The van der Waals surface area contributed by atoms with E-state index in [0.717, 1.165) is 0 Å². The van der Waals surface area contributed by atoms with Crippen LogP contribution in [0.5, 0.6) is 0 Å². The molecule has 12 nitrogen and oxygen atoms in total. The van der Waals surface area contributed by atoms with E-state index in [4.69, 9.17) is 19.7 Å². The Balaban J connectivity index is 2.46. The van der Waals surface area contributed by atoms with Crippen LogP contribution < -0.4 is 0 Å². The first-order valence-corrected chi connectivity index (χ1v) is 15.0. The van der Waals surface area contributed by atoms with Gasteiger partial charge in [0.25, 0.3) is 0 Å². The molecule has 156 valence electrons. The van der Waals surface area contributed by atoms with Gasteiger partial charge in [0.15, 0.2) is 0 Å². The third-order valence-electron chi connectivity index (χ3n) is 3.25. The standard InChI is InChI=1S/C12H26AsO12P/c1-13(2,19)3-8-10(17)11(18)12(24-8)25-9(16)6-23-26(20,21)22-5-7(15)4-14/h7-12,14-18H,3-6H2,1-2H3,(H,20,21). The zero-order chi connectivity index (χ0) is 20.1. The molecule has 1 heterocycles. The molecule has 6 N–H and O–H groups in total. The average molecular weight is 468 g/mol. The number of phosphoric ester groups is 1. The van der Waals surface area contributed by atoms with Gasteiger partial charge >= 0.3 is 135 Å². The molecule has 1 rings (SSSR count). The number of aliphatic hydroxyl groups is 5. The molecule has 0 bridgehead atoms. The summed E-state index contributed by atoms with van der Waals surface area (Å²) in [6, 6.07) is 0. The van der Waals surface area contributed by atoms with Crippen LogP contribution in [0.4, 0.5) is 0 Å². The van der Waals surface area contributed by atoms with Gasteiger partial charge in [0.2, 0.25) is 0 Å². The molecule has 1 aliphatic heterocycles. The Morgan fingerprint density at radius 2 is 1.73 bits per heavy atom. The molecule has 1 aliphatic rings. The van der Waals surface area contributed by atoms with Crippen molar-refractivity contribution in [2.75, 3.05) is 19.8 Å². The van der Waals surface area contributed by atoms with Gasteiger partial charge in [0.05, 0.1) is 6.61 Å². The van der Waals surface area contributed by atoms with Gasteiger partial charge in [-0.2, -0.15) is 0 Å². The molecule has 0 amide bonds. The van der Waals surface area contributed by atoms with Gasteiger partial charge in [-0.1, -0.05) is 0 Å². The van der Waals surface area contributed by atoms with Crippen LogP contribution in [0.3, 0.4) is 0 Å². The summed E-state index contributed by atoms with van der Waals surface area (Å²) in [4.78, 5) is 9.33. The molecule has 0 aliphatic carbocycles. The van der Waals surface area contributed by atoms with E-state index in [-0.39, 0.29) is 5.21 Å². The first-order valence-electron chi connectivity index (χ1n) is 7.64. The van der Waals surface area contributed by atoms with Crippen molar-refractivity contribution in [3.63, 3.8) is 0 Å². The topological polar surface area (TPSA) is 192 Å². The number of aliphatic hydroxyl groups excluding tert-OH is 5. The van der Waals surface area contributed by atoms with Gasteiger partial charge in [-0.25, -0.2) is 0 Å². The molecule has 14 heteroatoms. The average Bonchev–Trinajstić information content (AvgIpc) is 2.77. The van der Waals surface area contributed by atoms with Gasteiger partial charge in [-0.15, -0.1) is 0 Å². The Morgan fingerprint density at radius 3 is 2.27 bits per heavy atom. The van der Waals surface area contributed by atoms with Crippen molar-refractivity contribution in [3.05, 3.63) is 0 Å². The Bertz CT molecular complexity index is 526. The summed E-state index contributed by atoms with van der Waals surface area (Å²) in [6.45, 7) is -2.20. The van der Waals surface area contributed by atoms with Crippen LogP contribution in [0.1, 0.15) is 0 Å². The molecule has 0 radical (unpaired) electrons. The summed E-state index contributed by atoms with van der Waals surface area (Å²) >= 11 is -3.17. The number of ether oxygens (including phenoxy) is 2. The Hall–Kier alpha value is 0.188. The normalized spacial score (nSPS) is 31.5. The monoisotopic (exact) mass is 468 g/mol. The molecule has 7 unspecified atom stereocenters. The summed E-state index contributed by atoms with van der Waals surface area (Å²) in [5, 5.41) is 47.1. The molecule has 1 fully saturated rings. The summed E-state index contributed by atoms with van der Waals surface area (Å²) in [6.07, 6.45) is -8.46. The zero-order valence-corrected chi connectivity index (χ0v) is 17.1. The van der Waals surface area contributed by atoms with E-state index in [0.29, 0.717) is 0 Å².